The maximum absolute atomic E-state index is 12.5. The Bertz CT molecular complexity index is 996. The van der Waals surface area contributed by atoms with Crippen LogP contribution >= 0.6 is 11.6 Å². The summed E-state index contributed by atoms with van der Waals surface area (Å²) in [5.41, 5.74) is 5.55. The van der Waals surface area contributed by atoms with E-state index >= 15 is 0 Å². The second kappa shape index (κ2) is 7.68. The molecular weight excluding hydrogens is 403 g/mol. The number of nitrogens with two attached hydrogens (primary N) is 1. The Morgan fingerprint density at radius 2 is 1.89 bits per heavy atom. The smallest absolute Gasteiger partial charge is 0.405 e. The topological polar surface area (TPSA) is 121 Å². The molecule has 3 rings (SSSR count). The highest BCUT2D eigenvalue weighted by Gasteiger charge is 2.32. The highest BCUT2D eigenvalue weighted by Crippen LogP contribution is 2.26. The van der Waals surface area contributed by atoms with Gasteiger partial charge in [0, 0.05) is 12.1 Å². The van der Waals surface area contributed by atoms with Crippen molar-refractivity contribution >= 4 is 23.3 Å². The van der Waals surface area contributed by atoms with E-state index < -0.39 is 18.0 Å². The molecule has 0 aliphatic rings. The zero-order valence-corrected chi connectivity index (χ0v) is 14.6. The zero-order valence-electron chi connectivity index (χ0n) is 13.8. The second-order valence-electron chi connectivity index (χ2n) is 5.23. The minimum atomic E-state index is -4.86. The Kier molecular flexibility index (Phi) is 5.31. The van der Waals surface area contributed by atoms with E-state index in [0.29, 0.717) is 0 Å². The van der Waals surface area contributed by atoms with E-state index in [0.717, 1.165) is 10.9 Å². The molecule has 0 saturated heterocycles. The van der Waals surface area contributed by atoms with Crippen LogP contribution in [0.5, 0.6) is 5.75 Å². The van der Waals surface area contributed by atoms with Gasteiger partial charge in [-0.2, -0.15) is 10.2 Å². The monoisotopic (exact) mass is 413 g/mol. The van der Waals surface area contributed by atoms with Crippen molar-refractivity contribution in [3.63, 3.8) is 0 Å². The molecule has 0 aliphatic heterocycles. The van der Waals surface area contributed by atoms with Gasteiger partial charge in [-0.15, -0.1) is 18.0 Å². The van der Waals surface area contributed by atoms with Crippen molar-refractivity contribution in [1.82, 2.24) is 30.3 Å². The first kappa shape index (κ1) is 19.4. The molecule has 1 aromatic carbocycles. The van der Waals surface area contributed by atoms with Gasteiger partial charge in [0.15, 0.2) is 16.7 Å². The molecular formula is C15H11ClF3N7O2. The lowest BCUT2D eigenvalue weighted by Crippen LogP contribution is -2.27. The zero-order chi connectivity index (χ0) is 20.3. The van der Waals surface area contributed by atoms with Crippen molar-refractivity contribution in [1.29, 1.82) is 0 Å². The van der Waals surface area contributed by atoms with Crippen molar-refractivity contribution in [2.24, 2.45) is 0 Å². The van der Waals surface area contributed by atoms with Gasteiger partial charge in [-0.1, -0.05) is 29.8 Å². The maximum Gasteiger partial charge on any atom is 0.573 e. The van der Waals surface area contributed by atoms with Gasteiger partial charge in [-0.25, -0.2) is 9.97 Å². The number of alkyl halides is 3. The highest BCUT2D eigenvalue weighted by molar-refractivity contribution is 6.31. The molecule has 0 atom stereocenters. The third kappa shape index (κ3) is 4.46. The van der Waals surface area contributed by atoms with E-state index in [1.165, 1.54) is 30.6 Å². The van der Waals surface area contributed by atoms with E-state index in [-0.39, 0.29) is 34.6 Å². The van der Waals surface area contributed by atoms with E-state index in [1.54, 1.807) is 0 Å². The molecule has 0 saturated carbocycles. The quantitative estimate of drug-likeness (QED) is 0.657. The third-order valence-corrected chi connectivity index (χ3v) is 3.58. The van der Waals surface area contributed by atoms with Gasteiger partial charge in [0.1, 0.15) is 5.75 Å². The van der Waals surface area contributed by atoms with Gasteiger partial charge in [-0.3, -0.25) is 4.79 Å². The van der Waals surface area contributed by atoms with Crippen LogP contribution in [0, 0.1) is 0 Å². The minimum Gasteiger partial charge on any atom is -0.405 e. The third-order valence-electron chi connectivity index (χ3n) is 3.32. The van der Waals surface area contributed by atoms with Gasteiger partial charge < -0.3 is 15.8 Å². The van der Waals surface area contributed by atoms with Gasteiger partial charge in [-0.05, 0) is 6.07 Å². The number of amides is 1. The molecule has 3 aromatic rings. The number of hydrogen-bond acceptors (Lipinski definition) is 7. The van der Waals surface area contributed by atoms with Crippen LogP contribution in [-0.2, 0) is 6.54 Å². The molecule has 0 bridgehead atoms. The lowest BCUT2D eigenvalue weighted by Gasteiger charge is -2.14. The van der Waals surface area contributed by atoms with Crippen molar-refractivity contribution in [2.45, 2.75) is 12.9 Å². The number of benzene rings is 1. The van der Waals surface area contributed by atoms with Crippen LogP contribution in [0.25, 0.3) is 5.82 Å². The van der Waals surface area contributed by atoms with E-state index in [9.17, 15) is 18.0 Å². The highest BCUT2D eigenvalue weighted by atomic mass is 35.5. The summed E-state index contributed by atoms with van der Waals surface area (Å²) in [6, 6.07) is 5.38. The van der Waals surface area contributed by atoms with E-state index in [2.05, 4.69) is 30.2 Å². The van der Waals surface area contributed by atoms with Gasteiger partial charge >= 0.3 is 6.36 Å². The predicted octanol–water partition coefficient (Wildman–Crippen LogP) is 2.12. The van der Waals surface area contributed by atoms with Crippen LogP contribution in [0.1, 0.15) is 16.1 Å². The van der Waals surface area contributed by atoms with E-state index in [1.807, 2.05) is 0 Å². The number of aromatic nitrogens is 5. The summed E-state index contributed by atoms with van der Waals surface area (Å²) in [5, 5.41) is 9.88. The average molecular weight is 414 g/mol. The number of nitrogens with zero attached hydrogens (tertiary/aromatic N) is 5. The number of carbonyl (C=O) groups is 1. The number of nitrogen functional groups attached to an aromatic ring is 1. The Hall–Kier alpha value is -3.41. The van der Waals surface area contributed by atoms with Crippen molar-refractivity contribution in [3.8, 4) is 11.6 Å². The lowest BCUT2D eigenvalue weighted by molar-refractivity contribution is -0.274. The molecule has 0 spiro atoms. The number of anilines is 1. The maximum atomic E-state index is 12.5. The van der Waals surface area contributed by atoms with Crippen molar-refractivity contribution < 1.29 is 22.7 Å². The molecule has 146 valence electrons. The Balaban J connectivity index is 1.77. The number of hydrogen-bond donors (Lipinski definition) is 2. The molecule has 0 radical (unpaired) electrons. The average Bonchev–Trinajstić information content (AvgIpc) is 3.15. The molecule has 1 amide bonds. The van der Waals surface area contributed by atoms with Crippen LogP contribution in [0.2, 0.25) is 5.15 Å². The number of ether oxygens (including phenoxy) is 1. The molecule has 3 N–H and O–H groups in total. The number of carbonyl (C=O) groups excluding carboxylic acids is 1. The molecule has 9 nitrogen and oxygen atoms in total. The normalized spacial score (nSPS) is 11.3. The largest absolute Gasteiger partial charge is 0.573 e. The number of halogens is 4. The number of nitrogens with one attached hydrogen (secondary N) is 1. The summed E-state index contributed by atoms with van der Waals surface area (Å²) in [6.07, 6.45) is -2.09. The predicted molar refractivity (Wildman–Crippen MR) is 90.7 cm³/mol. The van der Waals surface area contributed by atoms with E-state index in [4.69, 9.17) is 17.3 Å². The summed E-state index contributed by atoms with van der Waals surface area (Å²) in [7, 11) is 0. The van der Waals surface area contributed by atoms with Gasteiger partial charge in [0.05, 0.1) is 12.4 Å². The van der Waals surface area contributed by atoms with Crippen molar-refractivity contribution in [2.75, 3.05) is 5.73 Å². The standard InChI is InChI=1S/C15H11ClF3N7O2/c16-11-13(26-22-5-6-23-26)25-12(20)10(24-11)14(27)21-7-8-3-1-2-4-9(8)28-15(17,18)19/h1-6H,7H2,(H2,20,25)(H,21,27). The fourth-order valence-electron chi connectivity index (χ4n) is 2.17. The SMILES string of the molecule is Nc1nc(-n2nccn2)c(Cl)nc1C(=O)NCc1ccccc1OC(F)(F)F. The molecule has 2 aromatic heterocycles. The number of para-hydroxylation sites is 1. The summed E-state index contributed by atoms with van der Waals surface area (Å²) in [4.78, 5) is 21.2. The van der Waals surface area contributed by atoms with Gasteiger partial charge in [0.2, 0.25) is 5.82 Å². The lowest BCUT2D eigenvalue weighted by atomic mass is 10.2. The molecule has 28 heavy (non-hydrogen) atoms. The van der Waals surface area contributed by atoms with Crippen LogP contribution in [-0.4, -0.2) is 37.2 Å². The molecule has 0 aliphatic carbocycles. The van der Waals surface area contributed by atoms with Gasteiger partial charge in [0.25, 0.3) is 5.91 Å². The second-order valence-corrected chi connectivity index (χ2v) is 5.59. The van der Waals surface area contributed by atoms with Crippen LogP contribution < -0.4 is 15.8 Å². The molecule has 13 heteroatoms. The summed E-state index contributed by atoms with van der Waals surface area (Å²) < 4.78 is 41.3. The first-order valence-corrected chi connectivity index (χ1v) is 7.94. The van der Waals surface area contributed by atoms with Crippen molar-refractivity contribution in [3.05, 3.63) is 53.1 Å². The molecule has 2 heterocycles. The first-order valence-electron chi connectivity index (χ1n) is 7.56. The molecule has 0 fully saturated rings. The Labute approximate surface area is 160 Å². The summed E-state index contributed by atoms with van der Waals surface area (Å²) >= 11 is 6.00. The summed E-state index contributed by atoms with van der Waals surface area (Å²) in [6.45, 7) is -0.272. The number of rotatable bonds is 5. The fourth-order valence-corrected chi connectivity index (χ4v) is 2.37. The van der Waals surface area contributed by atoms with Crippen LogP contribution in [0.15, 0.2) is 36.7 Å². The van der Waals surface area contributed by atoms with Crippen LogP contribution in [0.4, 0.5) is 19.0 Å². The molecule has 0 unspecified atom stereocenters. The van der Waals surface area contributed by atoms with Crippen LogP contribution in [0.3, 0.4) is 0 Å². The summed E-state index contributed by atoms with van der Waals surface area (Å²) in [5.74, 6) is -1.46. The minimum absolute atomic E-state index is 0.0182. The fraction of sp³-hybridized carbons (Fsp3) is 0.133. The Morgan fingerprint density at radius 3 is 2.57 bits per heavy atom. The first-order chi connectivity index (χ1) is 13.2. The Morgan fingerprint density at radius 1 is 1.21 bits per heavy atom.